The molecule has 0 amide bonds. The third-order valence-corrected chi connectivity index (χ3v) is 17.6. The standard InChI is InChI=1S/C43H52Cl2FN5O4SSi/c1-25-37-35(51(41(25)42(53)54-8)18-11-19-55-57(9,10)43(3,4)5)17-16-32(44)39(37)38-26(2)49(6)48-34(38)24-56-23-28-22-29(50(7)47-28)13-12-27-20-31-30(36(52)21-27)14-15-33(45)40(31)46/h14-17,20-22,52H,11-13,18-19,23-24H2,1-10H3. The summed E-state index contributed by atoms with van der Waals surface area (Å²) in [6.07, 6.45) is 1.99. The number of ether oxygens (including phenoxy) is 1. The molecule has 0 atom stereocenters. The van der Waals surface area contributed by atoms with Crippen molar-refractivity contribution < 1.29 is 23.5 Å². The highest BCUT2D eigenvalue weighted by atomic mass is 35.5. The summed E-state index contributed by atoms with van der Waals surface area (Å²) >= 11 is 14.8. The van der Waals surface area contributed by atoms with Crippen LogP contribution < -0.4 is 0 Å². The number of carbonyl (C=O) groups excluding carboxylic acids is 1. The molecule has 0 fully saturated rings. The first kappa shape index (κ1) is 42.8. The Labute approximate surface area is 349 Å². The molecule has 3 aromatic heterocycles. The molecule has 0 saturated carbocycles. The second-order valence-electron chi connectivity index (χ2n) is 16.2. The molecule has 0 saturated heterocycles. The topological polar surface area (TPSA) is 96.3 Å². The van der Waals surface area contributed by atoms with Gasteiger partial charge in [0.05, 0.1) is 23.5 Å². The molecule has 0 unspecified atom stereocenters. The summed E-state index contributed by atoms with van der Waals surface area (Å²) in [6.45, 7) is 16.4. The maximum absolute atomic E-state index is 14.8. The number of hydrogen-bond acceptors (Lipinski definition) is 7. The van der Waals surface area contributed by atoms with Crippen LogP contribution in [0.5, 0.6) is 5.75 Å². The zero-order chi connectivity index (χ0) is 41.6. The van der Waals surface area contributed by atoms with Crippen molar-refractivity contribution in [2.24, 2.45) is 14.1 Å². The SMILES string of the molecule is COC(=O)c1c(C)c2c(-c3c(CSCc4cc(CCc5cc(O)c6ccc(Cl)c(F)c6c5)n(C)n4)nn(C)c3C)c(Cl)ccc2n1CCCO[Si](C)(C)C(C)(C)C. The summed E-state index contributed by atoms with van der Waals surface area (Å²) in [5.41, 5.74) is 8.68. The molecule has 0 aliphatic heterocycles. The van der Waals surface area contributed by atoms with E-state index in [2.05, 4.69) is 44.5 Å². The minimum atomic E-state index is -1.92. The first-order valence-corrected chi connectivity index (χ1v) is 23.9. The number of rotatable bonds is 14. The van der Waals surface area contributed by atoms with Crippen LogP contribution in [0.4, 0.5) is 4.39 Å². The third kappa shape index (κ3) is 8.52. The molecule has 0 radical (unpaired) electrons. The first-order chi connectivity index (χ1) is 26.8. The van der Waals surface area contributed by atoms with E-state index in [-0.39, 0.29) is 15.8 Å². The normalized spacial score (nSPS) is 12.4. The van der Waals surface area contributed by atoms with Gasteiger partial charge in [-0.3, -0.25) is 9.36 Å². The van der Waals surface area contributed by atoms with Gasteiger partial charge in [-0.25, -0.2) is 9.18 Å². The third-order valence-electron chi connectivity index (χ3n) is 11.5. The summed E-state index contributed by atoms with van der Waals surface area (Å²) in [6, 6.07) is 12.5. The number of aromatic nitrogens is 5. The Morgan fingerprint density at radius 3 is 2.37 bits per heavy atom. The molecule has 14 heteroatoms. The fraction of sp³-hybridized carbons (Fsp3) is 0.419. The van der Waals surface area contributed by atoms with E-state index in [1.807, 2.05) is 49.4 Å². The molecule has 1 N–H and O–H groups in total. The summed E-state index contributed by atoms with van der Waals surface area (Å²) in [4.78, 5) is 13.4. The second-order valence-corrected chi connectivity index (χ2v) is 22.9. The van der Waals surface area contributed by atoms with Crippen LogP contribution in [0.25, 0.3) is 32.8 Å². The van der Waals surface area contributed by atoms with Gasteiger partial charge in [0.15, 0.2) is 8.32 Å². The molecular formula is C43H52Cl2FN5O4SSi. The highest BCUT2D eigenvalue weighted by molar-refractivity contribution is 7.97. The molecular weight excluding hydrogens is 801 g/mol. The van der Waals surface area contributed by atoms with Gasteiger partial charge in [0.2, 0.25) is 0 Å². The Balaban J connectivity index is 1.22. The highest BCUT2D eigenvalue weighted by Crippen LogP contribution is 2.43. The molecule has 0 aliphatic carbocycles. The number of halogens is 3. The van der Waals surface area contributed by atoms with Gasteiger partial charge in [-0.2, -0.15) is 10.2 Å². The number of phenolic OH excluding ortho intramolecular Hbond substituents is 1. The fourth-order valence-electron chi connectivity index (χ4n) is 7.27. The Morgan fingerprint density at radius 2 is 1.67 bits per heavy atom. The van der Waals surface area contributed by atoms with E-state index in [1.54, 1.807) is 30.0 Å². The van der Waals surface area contributed by atoms with E-state index < -0.39 is 20.1 Å². The Kier molecular flexibility index (Phi) is 12.6. The summed E-state index contributed by atoms with van der Waals surface area (Å²) in [7, 11) is 3.34. The summed E-state index contributed by atoms with van der Waals surface area (Å²) < 4.78 is 32.4. The van der Waals surface area contributed by atoms with Gasteiger partial charge in [-0.15, -0.1) is 11.8 Å². The Bertz CT molecular complexity index is 2490. The van der Waals surface area contributed by atoms with Crippen molar-refractivity contribution in [2.45, 2.75) is 90.1 Å². The van der Waals surface area contributed by atoms with Crippen LogP contribution in [0.2, 0.25) is 28.2 Å². The zero-order valence-electron chi connectivity index (χ0n) is 34.4. The van der Waals surface area contributed by atoms with Crippen molar-refractivity contribution in [2.75, 3.05) is 13.7 Å². The van der Waals surface area contributed by atoms with Gasteiger partial charge in [0, 0.05) is 88.0 Å². The minimum Gasteiger partial charge on any atom is -0.507 e. The van der Waals surface area contributed by atoms with Crippen molar-refractivity contribution >= 4 is 70.9 Å². The van der Waals surface area contributed by atoms with Crippen LogP contribution in [0.1, 0.15) is 71.6 Å². The van der Waals surface area contributed by atoms with Crippen molar-refractivity contribution in [3.05, 3.63) is 97.9 Å². The Morgan fingerprint density at radius 1 is 0.947 bits per heavy atom. The van der Waals surface area contributed by atoms with Crippen LogP contribution in [-0.4, -0.2) is 57.2 Å². The smallest absolute Gasteiger partial charge is 0.354 e. The van der Waals surface area contributed by atoms with E-state index in [0.717, 1.165) is 62.4 Å². The number of esters is 1. The van der Waals surface area contributed by atoms with Gasteiger partial charge in [-0.05, 0) is 105 Å². The molecule has 304 valence electrons. The second kappa shape index (κ2) is 16.8. The van der Waals surface area contributed by atoms with Crippen LogP contribution in [0.3, 0.4) is 0 Å². The van der Waals surface area contributed by atoms with Crippen molar-refractivity contribution in [1.29, 1.82) is 0 Å². The van der Waals surface area contributed by atoms with Gasteiger partial charge < -0.3 is 18.8 Å². The van der Waals surface area contributed by atoms with Crippen LogP contribution in [0, 0.1) is 19.7 Å². The predicted molar refractivity (Wildman–Crippen MR) is 234 cm³/mol. The van der Waals surface area contributed by atoms with Crippen LogP contribution in [0.15, 0.2) is 42.5 Å². The number of aryl methyl sites for hydroxylation is 6. The number of thioether (sulfide) groups is 1. The molecule has 6 aromatic rings. The van der Waals surface area contributed by atoms with E-state index in [9.17, 15) is 14.3 Å². The van der Waals surface area contributed by atoms with Crippen LogP contribution in [-0.2, 0) is 54.2 Å². The number of fused-ring (bicyclic) bond motifs is 2. The number of phenols is 1. The number of aromatic hydroxyl groups is 1. The predicted octanol–water partition coefficient (Wildman–Crippen LogP) is 11.1. The number of carbonyl (C=O) groups is 1. The molecule has 3 heterocycles. The average Bonchev–Trinajstić information content (AvgIpc) is 3.75. The highest BCUT2D eigenvalue weighted by Gasteiger charge is 2.37. The number of benzene rings is 3. The largest absolute Gasteiger partial charge is 0.507 e. The number of methoxy groups -OCH3 is 1. The molecule has 3 aromatic carbocycles. The monoisotopic (exact) mass is 851 g/mol. The molecule has 0 aliphatic rings. The van der Waals surface area contributed by atoms with E-state index >= 15 is 0 Å². The maximum atomic E-state index is 14.8. The van der Waals surface area contributed by atoms with Crippen molar-refractivity contribution in [3.63, 3.8) is 0 Å². The Hall–Kier alpha value is -3.81. The van der Waals surface area contributed by atoms with Gasteiger partial charge in [0.1, 0.15) is 17.3 Å². The van der Waals surface area contributed by atoms with Gasteiger partial charge in [0.25, 0.3) is 0 Å². The first-order valence-electron chi connectivity index (χ1n) is 19.1. The maximum Gasteiger partial charge on any atom is 0.354 e. The van der Waals surface area contributed by atoms with E-state index in [0.29, 0.717) is 59.0 Å². The summed E-state index contributed by atoms with van der Waals surface area (Å²) in [5.74, 6) is 0.364. The van der Waals surface area contributed by atoms with Gasteiger partial charge in [-0.1, -0.05) is 44.0 Å². The van der Waals surface area contributed by atoms with Crippen molar-refractivity contribution in [1.82, 2.24) is 24.1 Å². The lowest BCUT2D eigenvalue weighted by Gasteiger charge is -2.36. The minimum absolute atomic E-state index is 0.0250. The molecule has 0 spiro atoms. The lowest BCUT2D eigenvalue weighted by atomic mass is 9.97. The van der Waals surface area contributed by atoms with E-state index in [4.69, 9.17) is 42.6 Å². The average molecular weight is 853 g/mol. The quantitative estimate of drug-likeness (QED) is 0.0662. The van der Waals surface area contributed by atoms with Crippen LogP contribution >= 0.6 is 35.0 Å². The molecule has 57 heavy (non-hydrogen) atoms. The number of nitrogens with zero attached hydrogens (tertiary/aromatic N) is 5. The fourth-order valence-corrected chi connectivity index (χ4v) is 9.63. The lowest BCUT2D eigenvalue weighted by molar-refractivity contribution is 0.0587. The van der Waals surface area contributed by atoms with Gasteiger partial charge >= 0.3 is 5.97 Å². The summed E-state index contributed by atoms with van der Waals surface area (Å²) in [5, 5.41) is 22.7. The van der Waals surface area contributed by atoms with Crippen molar-refractivity contribution in [3.8, 4) is 16.9 Å². The molecule has 9 nitrogen and oxygen atoms in total. The van der Waals surface area contributed by atoms with E-state index in [1.165, 1.54) is 13.2 Å². The molecule has 0 bridgehead atoms. The molecule has 6 rings (SSSR count). The number of hydrogen-bond donors (Lipinski definition) is 1. The lowest BCUT2D eigenvalue weighted by Crippen LogP contribution is -2.41. The zero-order valence-corrected chi connectivity index (χ0v) is 37.8.